The molecule has 0 spiro atoms. The number of aromatic nitrogens is 1. The molecule has 0 saturated carbocycles. The second-order valence-corrected chi connectivity index (χ2v) is 9.38. The van der Waals surface area contributed by atoms with Gasteiger partial charge >= 0.3 is 0 Å². The summed E-state index contributed by atoms with van der Waals surface area (Å²) in [5.74, 6) is -0.577. The maximum Gasteiger partial charge on any atom is 0.266 e. The normalized spacial score (nSPS) is 15.5. The van der Waals surface area contributed by atoms with Gasteiger partial charge < -0.3 is 10.3 Å². The molecule has 30 heavy (non-hydrogen) atoms. The van der Waals surface area contributed by atoms with Crippen LogP contribution in [0.15, 0.2) is 46.7 Å². The van der Waals surface area contributed by atoms with Crippen LogP contribution >= 0.6 is 35.3 Å². The molecule has 0 atom stereocenters. The summed E-state index contributed by atoms with van der Waals surface area (Å²) in [5, 5.41) is 5.61. The highest BCUT2D eigenvalue weighted by atomic mass is 32.2. The van der Waals surface area contributed by atoms with Crippen LogP contribution in [-0.2, 0) is 16.0 Å². The van der Waals surface area contributed by atoms with Crippen molar-refractivity contribution in [1.29, 1.82) is 0 Å². The summed E-state index contributed by atoms with van der Waals surface area (Å²) >= 11 is 8.12. The highest BCUT2D eigenvalue weighted by Gasteiger charge is 2.32. The van der Waals surface area contributed by atoms with Crippen LogP contribution in [-0.4, -0.2) is 39.1 Å². The lowest BCUT2D eigenvalue weighted by molar-refractivity contribution is -0.123. The number of rotatable bonds is 7. The highest BCUT2D eigenvalue weighted by molar-refractivity contribution is 8.26. The Morgan fingerprint density at radius 3 is 2.97 bits per heavy atom. The van der Waals surface area contributed by atoms with Gasteiger partial charge in [0.25, 0.3) is 5.91 Å². The van der Waals surface area contributed by atoms with E-state index in [0.717, 1.165) is 21.5 Å². The Labute approximate surface area is 186 Å². The molecule has 0 unspecified atom stereocenters. The number of nitrogens with one attached hydrogen (secondary N) is 2. The van der Waals surface area contributed by atoms with Gasteiger partial charge in [0.1, 0.15) is 10.1 Å². The Morgan fingerprint density at radius 2 is 2.17 bits per heavy atom. The Hall–Kier alpha value is -2.49. The van der Waals surface area contributed by atoms with E-state index in [1.54, 1.807) is 17.4 Å². The molecule has 1 aliphatic rings. The van der Waals surface area contributed by atoms with Crippen molar-refractivity contribution in [2.75, 3.05) is 13.1 Å². The molecule has 2 amide bonds. The molecule has 3 aromatic rings. The Bertz CT molecular complexity index is 1140. The van der Waals surface area contributed by atoms with Crippen LogP contribution in [0.5, 0.6) is 0 Å². The zero-order valence-corrected chi connectivity index (χ0v) is 18.3. The van der Waals surface area contributed by atoms with E-state index in [4.69, 9.17) is 12.2 Å². The number of thiophene rings is 1. The Morgan fingerprint density at radius 1 is 1.30 bits per heavy atom. The SMILES string of the molecule is O=C(CCN1C(=O)C(=Cc2cccs2)SC1=S)NCCc1cc2cc(F)ccc2[nH]1. The van der Waals surface area contributed by atoms with Gasteiger partial charge in [-0.2, -0.15) is 0 Å². The van der Waals surface area contributed by atoms with Crippen molar-refractivity contribution in [3.8, 4) is 0 Å². The number of carbonyl (C=O) groups is 2. The molecule has 1 saturated heterocycles. The van der Waals surface area contributed by atoms with E-state index in [0.29, 0.717) is 22.2 Å². The second-order valence-electron chi connectivity index (χ2n) is 6.72. The fraction of sp³-hybridized carbons (Fsp3) is 0.190. The minimum atomic E-state index is -0.276. The molecular weight excluding hydrogens is 441 g/mol. The predicted octanol–water partition coefficient (Wildman–Crippen LogP) is 4.32. The van der Waals surface area contributed by atoms with E-state index in [9.17, 15) is 14.0 Å². The van der Waals surface area contributed by atoms with Gasteiger partial charge in [-0.3, -0.25) is 14.5 Å². The number of thioether (sulfide) groups is 1. The highest BCUT2D eigenvalue weighted by Crippen LogP contribution is 2.33. The lowest BCUT2D eigenvalue weighted by Crippen LogP contribution is -2.34. The number of H-pyrrole nitrogens is 1. The number of halogens is 1. The number of amides is 2. The fourth-order valence-corrected chi connectivity index (χ4v) is 5.16. The first-order chi connectivity index (χ1) is 14.5. The van der Waals surface area contributed by atoms with Crippen LogP contribution < -0.4 is 5.32 Å². The first-order valence-corrected chi connectivity index (χ1v) is 11.4. The standard InChI is InChI=1S/C21H18FN3O2S3/c22-14-3-4-17-13(10-14)11-15(24-17)5-7-23-19(26)6-8-25-20(27)18(30-21(25)28)12-16-2-1-9-29-16/h1-4,9-12,24H,5-8H2,(H,23,26). The number of fused-ring (bicyclic) bond motifs is 1. The fourth-order valence-electron chi connectivity index (χ4n) is 3.13. The van der Waals surface area contributed by atoms with E-state index in [2.05, 4.69) is 10.3 Å². The Kier molecular flexibility index (Phi) is 6.31. The number of nitrogens with zero attached hydrogens (tertiary/aromatic N) is 1. The van der Waals surface area contributed by atoms with Crippen molar-refractivity contribution in [2.24, 2.45) is 0 Å². The summed E-state index contributed by atoms with van der Waals surface area (Å²) in [5.41, 5.74) is 1.79. The molecule has 1 fully saturated rings. The predicted molar refractivity (Wildman–Crippen MR) is 124 cm³/mol. The van der Waals surface area contributed by atoms with Crippen LogP contribution in [0.4, 0.5) is 4.39 Å². The third kappa shape index (κ3) is 4.80. The van der Waals surface area contributed by atoms with Crippen molar-refractivity contribution in [1.82, 2.24) is 15.2 Å². The molecule has 2 aromatic heterocycles. The maximum atomic E-state index is 13.3. The molecule has 2 N–H and O–H groups in total. The van der Waals surface area contributed by atoms with Crippen LogP contribution in [0.3, 0.4) is 0 Å². The monoisotopic (exact) mass is 459 g/mol. The molecule has 9 heteroatoms. The topological polar surface area (TPSA) is 65.2 Å². The number of hydrogen-bond acceptors (Lipinski definition) is 5. The summed E-state index contributed by atoms with van der Waals surface area (Å²) in [7, 11) is 0. The van der Waals surface area contributed by atoms with E-state index in [-0.39, 0.29) is 30.6 Å². The van der Waals surface area contributed by atoms with E-state index >= 15 is 0 Å². The molecule has 3 heterocycles. The van der Waals surface area contributed by atoms with Crippen LogP contribution in [0.25, 0.3) is 17.0 Å². The minimum Gasteiger partial charge on any atom is -0.358 e. The first kappa shape index (κ1) is 20.8. The van der Waals surface area contributed by atoms with E-state index < -0.39 is 0 Å². The number of carbonyl (C=O) groups excluding carboxylic acids is 2. The smallest absolute Gasteiger partial charge is 0.266 e. The molecule has 1 aliphatic heterocycles. The molecule has 1 aromatic carbocycles. The third-order valence-electron chi connectivity index (χ3n) is 4.61. The third-order valence-corrected chi connectivity index (χ3v) is 6.80. The van der Waals surface area contributed by atoms with E-state index in [1.165, 1.54) is 28.8 Å². The van der Waals surface area contributed by atoms with Gasteiger partial charge in [0, 0.05) is 47.4 Å². The number of thiocarbonyl (C=S) groups is 1. The van der Waals surface area contributed by atoms with Crippen molar-refractivity contribution in [2.45, 2.75) is 12.8 Å². The van der Waals surface area contributed by atoms with Gasteiger partial charge in [-0.1, -0.05) is 30.0 Å². The number of benzene rings is 1. The maximum absolute atomic E-state index is 13.3. The number of aromatic amines is 1. The van der Waals surface area contributed by atoms with Gasteiger partial charge in [0.2, 0.25) is 5.91 Å². The van der Waals surface area contributed by atoms with E-state index in [1.807, 2.05) is 29.7 Å². The summed E-state index contributed by atoms with van der Waals surface area (Å²) in [6.45, 7) is 0.703. The Balaban J connectivity index is 1.25. The van der Waals surface area contributed by atoms with Crippen molar-refractivity contribution < 1.29 is 14.0 Å². The van der Waals surface area contributed by atoms with Crippen LogP contribution in [0.1, 0.15) is 17.0 Å². The summed E-state index contributed by atoms with van der Waals surface area (Å²) in [6.07, 6.45) is 2.61. The summed E-state index contributed by atoms with van der Waals surface area (Å²) in [4.78, 5) is 31.0. The quantitative estimate of drug-likeness (QED) is 0.408. The number of hydrogen-bond donors (Lipinski definition) is 2. The molecule has 0 aliphatic carbocycles. The molecule has 5 nitrogen and oxygen atoms in total. The zero-order valence-electron chi connectivity index (χ0n) is 15.8. The minimum absolute atomic E-state index is 0.145. The molecule has 0 bridgehead atoms. The average molecular weight is 460 g/mol. The van der Waals surface area contributed by atoms with Crippen LogP contribution in [0, 0.1) is 5.82 Å². The molecule has 154 valence electrons. The van der Waals surface area contributed by atoms with Crippen LogP contribution in [0.2, 0.25) is 0 Å². The van der Waals surface area contributed by atoms with Crippen molar-refractivity contribution >= 4 is 68.4 Å². The van der Waals surface area contributed by atoms with Gasteiger partial charge in [-0.25, -0.2) is 4.39 Å². The first-order valence-electron chi connectivity index (χ1n) is 9.32. The lowest BCUT2D eigenvalue weighted by atomic mass is 10.2. The van der Waals surface area contributed by atoms with Gasteiger partial charge in [0.15, 0.2) is 0 Å². The molecular formula is C21H18FN3O2S3. The second kappa shape index (κ2) is 9.11. The van der Waals surface area contributed by atoms with Gasteiger partial charge in [0.05, 0.1) is 4.91 Å². The lowest BCUT2D eigenvalue weighted by Gasteiger charge is -2.14. The van der Waals surface area contributed by atoms with Crippen molar-refractivity contribution in [3.63, 3.8) is 0 Å². The summed E-state index contributed by atoms with van der Waals surface area (Å²) in [6, 6.07) is 10.3. The largest absolute Gasteiger partial charge is 0.358 e. The van der Waals surface area contributed by atoms with Crippen molar-refractivity contribution in [3.05, 3.63) is 63.1 Å². The summed E-state index contributed by atoms with van der Waals surface area (Å²) < 4.78 is 13.8. The molecule has 0 radical (unpaired) electrons. The average Bonchev–Trinajstić information content (AvgIpc) is 3.41. The van der Waals surface area contributed by atoms with Gasteiger partial charge in [-0.05, 0) is 41.8 Å². The van der Waals surface area contributed by atoms with Gasteiger partial charge in [-0.15, -0.1) is 11.3 Å². The zero-order chi connectivity index (χ0) is 21.1. The molecule has 4 rings (SSSR count).